The van der Waals surface area contributed by atoms with Gasteiger partial charge in [-0.2, -0.15) is 0 Å². The fourth-order valence-corrected chi connectivity index (χ4v) is 0.846. The first kappa shape index (κ1) is 9.73. The van der Waals surface area contributed by atoms with Crippen LogP contribution in [0.25, 0.3) is 0 Å². The fourth-order valence-electron chi connectivity index (χ4n) is 0.846. The highest BCUT2D eigenvalue weighted by Gasteiger charge is 2.11. The van der Waals surface area contributed by atoms with E-state index in [1.807, 2.05) is 0 Å². The van der Waals surface area contributed by atoms with E-state index in [0.29, 0.717) is 6.54 Å². The van der Waals surface area contributed by atoms with E-state index in [0.717, 1.165) is 5.69 Å². The summed E-state index contributed by atoms with van der Waals surface area (Å²) in [7, 11) is 1.36. The van der Waals surface area contributed by atoms with Gasteiger partial charge in [-0.25, -0.2) is 0 Å². The van der Waals surface area contributed by atoms with Gasteiger partial charge in [-0.15, -0.1) is 0 Å². The third-order valence-corrected chi connectivity index (χ3v) is 1.64. The molecule has 1 unspecified atom stereocenters. The number of ether oxygens (including phenoxy) is 1. The minimum absolute atomic E-state index is 0.288. The van der Waals surface area contributed by atoms with Gasteiger partial charge in [0.2, 0.25) is 0 Å². The van der Waals surface area contributed by atoms with Crippen LogP contribution in [0.5, 0.6) is 0 Å². The van der Waals surface area contributed by atoms with Gasteiger partial charge in [0.15, 0.2) is 0 Å². The minimum atomic E-state index is -0.332. The summed E-state index contributed by atoms with van der Waals surface area (Å²) in [4.78, 5) is 10.9. The molecule has 1 rings (SSSR count). The number of carbonyl (C=O) groups is 1. The summed E-state index contributed by atoms with van der Waals surface area (Å²) in [6.07, 6.45) is 1.49. The highest BCUT2D eigenvalue weighted by molar-refractivity contribution is 5.74. The van der Waals surface area contributed by atoms with Crippen molar-refractivity contribution in [3.8, 4) is 0 Å². The Morgan fingerprint density at radius 3 is 3.15 bits per heavy atom. The molecule has 1 heterocycles. The van der Waals surface area contributed by atoms with E-state index in [4.69, 9.17) is 0 Å². The van der Waals surface area contributed by atoms with Crippen LogP contribution >= 0.6 is 0 Å². The lowest BCUT2D eigenvalue weighted by molar-refractivity contribution is -0.142. The summed E-state index contributed by atoms with van der Waals surface area (Å²) in [5.41, 5.74) is 0.760. The molecule has 1 N–H and O–H groups in total. The number of nitrogens with zero attached hydrogens (tertiary/aromatic N) is 1. The number of carbonyl (C=O) groups excluding carboxylic acids is 1. The van der Waals surface area contributed by atoms with Crippen molar-refractivity contribution in [2.45, 2.75) is 19.5 Å². The molecule has 0 radical (unpaired) electrons. The van der Waals surface area contributed by atoms with Crippen molar-refractivity contribution in [1.82, 2.24) is 10.5 Å². The number of aromatic nitrogens is 1. The van der Waals surface area contributed by atoms with Crippen molar-refractivity contribution in [3.05, 3.63) is 18.0 Å². The van der Waals surface area contributed by atoms with Crippen LogP contribution in [0.4, 0.5) is 0 Å². The highest BCUT2D eigenvalue weighted by Crippen LogP contribution is 1.94. The Labute approximate surface area is 76.0 Å². The van der Waals surface area contributed by atoms with Crippen LogP contribution in [0.2, 0.25) is 0 Å². The summed E-state index contributed by atoms with van der Waals surface area (Å²) in [6.45, 7) is 2.22. The van der Waals surface area contributed by atoms with E-state index in [2.05, 4.69) is 19.7 Å². The van der Waals surface area contributed by atoms with Gasteiger partial charge in [0, 0.05) is 12.6 Å². The van der Waals surface area contributed by atoms with Crippen LogP contribution in [0, 0.1) is 0 Å². The first-order valence-electron chi connectivity index (χ1n) is 3.94. The van der Waals surface area contributed by atoms with Gasteiger partial charge in [0.25, 0.3) is 0 Å². The molecular formula is C8H12N2O3. The Kier molecular flexibility index (Phi) is 3.45. The molecule has 0 aliphatic rings. The Hall–Kier alpha value is -1.36. The molecule has 0 aliphatic heterocycles. The molecule has 0 aliphatic carbocycles. The van der Waals surface area contributed by atoms with Crippen molar-refractivity contribution in [1.29, 1.82) is 0 Å². The second-order valence-corrected chi connectivity index (χ2v) is 2.62. The smallest absolute Gasteiger partial charge is 0.322 e. The molecule has 0 aromatic carbocycles. The van der Waals surface area contributed by atoms with E-state index in [1.54, 1.807) is 13.0 Å². The number of esters is 1. The third-order valence-electron chi connectivity index (χ3n) is 1.64. The zero-order chi connectivity index (χ0) is 9.68. The molecule has 5 heteroatoms. The third kappa shape index (κ3) is 2.87. The van der Waals surface area contributed by atoms with E-state index in [1.165, 1.54) is 13.4 Å². The summed E-state index contributed by atoms with van der Waals surface area (Å²) in [5, 5.41) is 6.62. The number of hydrogen-bond donors (Lipinski definition) is 1. The zero-order valence-corrected chi connectivity index (χ0v) is 7.61. The topological polar surface area (TPSA) is 64.4 Å². The van der Waals surface area contributed by atoms with Crippen molar-refractivity contribution in [2.75, 3.05) is 7.11 Å². The number of rotatable bonds is 4. The molecular weight excluding hydrogens is 172 g/mol. The summed E-state index contributed by atoms with van der Waals surface area (Å²) in [5.74, 6) is -0.288. The molecule has 5 nitrogen and oxygen atoms in total. The molecule has 0 saturated heterocycles. The maximum absolute atomic E-state index is 10.9. The molecule has 1 aromatic rings. The minimum Gasteiger partial charge on any atom is -0.468 e. The monoisotopic (exact) mass is 184 g/mol. The van der Waals surface area contributed by atoms with E-state index < -0.39 is 0 Å². The largest absolute Gasteiger partial charge is 0.468 e. The fraction of sp³-hybridized carbons (Fsp3) is 0.500. The van der Waals surface area contributed by atoms with Crippen LogP contribution in [-0.2, 0) is 16.1 Å². The maximum Gasteiger partial charge on any atom is 0.322 e. The summed E-state index contributed by atoms with van der Waals surface area (Å²) >= 11 is 0. The van der Waals surface area contributed by atoms with Gasteiger partial charge >= 0.3 is 5.97 Å². The molecule has 13 heavy (non-hydrogen) atoms. The van der Waals surface area contributed by atoms with Crippen LogP contribution in [0.15, 0.2) is 16.9 Å². The predicted molar refractivity (Wildman–Crippen MR) is 44.8 cm³/mol. The molecule has 0 amide bonds. The predicted octanol–water partition coefficient (Wildman–Crippen LogP) is 0.326. The average Bonchev–Trinajstić information content (AvgIpc) is 2.65. The molecule has 1 aromatic heterocycles. The van der Waals surface area contributed by atoms with Crippen LogP contribution in [0.3, 0.4) is 0 Å². The average molecular weight is 184 g/mol. The Bertz CT molecular complexity index is 258. The Balaban J connectivity index is 2.30. The lowest BCUT2D eigenvalue weighted by atomic mass is 10.3. The van der Waals surface area contributed by atoms with Crippen molar-refractivity contribution in [2.24, 2.45) is 0 Å². The molecule has 72 valence electrons. The second-order valence-electron chi connectivity index (χ2n) is 2.62. The van der Waals surface area contributed by atoms with Crippen molar-refractivity contribution < 1.29 is 14.1 Å². The Morgan fingerprint density at radius 1 is 1.85 bits per heavy atom. The van der Waals surface area contributed by atoms with E-state index in [-0.39, 0.29) is 12.0 Å². The molecule has 0 bridgehead atoms. The van der Waals surface area contributed by atoms with Gasteiger partial charge in [-0.1, -0.05) is 5.16 Å². The lowest BCUT2D eigenvalue weighted by Crippen LogP contribution is -2.34. The molecule has 0 saturated carbocycles. The van der Waals surface area contributed by atoms with Crippen molar-refractivity contribution in [3.63, 3.8) is 0 Å². The normalized spacial score (nSPS) is 12.5. The summed E-state index contributed by atoms with van der Waals surface area (Å²) < 4.78 is 9.16. The van der Waals surface area contributed by atoms with Crippen LogP contribution in [0.1, 0.15) is 12.6 Å². The highest BCUT2D eigenvalue weighted by atomic mass is 16.5. The van der Waals surface area contributed by atoms with Gasteiger partial charge in [0.05, 0.1) is 12.8 Å². The Morgan fingerprint density at radius 2 is 2.62 bits per heavy atom. The summed E-state index contributed by atoms with van der Waals surface area (Å²) in [6, 6.07) is 1.40. The maximum atomic E-state index is 10.9. The standard InChI is InChI=1S/C8H12N2O3/c1-6(8(11)12-2)9-5-7-3-4-13-10-7/h3-4,6,9H,5H2,1-2H3. The SMILES string of the molecule is COC(=O)C(C)NCc1ccon1. The van der Waals surface area contributed by atoms with Crippen LogP contribution < -0.4 is 5.32 Å². The molecule has 0 fully saturated rings. The zero-order valence-electron chi connectivity index (χ0n) is 7.61. The number of methoxy groups -OCH3 is 1. The lowest BCUT2D eigenvalue weighted by Gasteiger charge is -2.09. The first-order valence-corrected chi connectivity index (χ1v) is 3.94. The van der Waals surface area contributed by atoms with Gasteiger partial charge in [-0.3, -0.25) is 10.1 Å². The van der Waals surface area contributed by atoms with Crippen molar-refractivity contribution >= 4 is 5.97 Å². The van der Waals surface area contributed by atoms with E-state index in [9.17, 15) is 4.79 Å². The number of nitrogens with one attached hydrogen (secondary N) is 1. The quantitative estimate of drug-likeness (QED) is 0.683. The molecule has 0 spiro atoms. The van der Waals surface area contributed by atoms with Gasteiger partial charge < -0.3 is 9.26 Å². The van der Waals surface area contributed by atoms with Crippen LogP contribution in [-0.4, -0.2) is 24.3 Å². The first-order chi connectivity index (χ1) is 6.24. The van der Waals surface area contributed by atoms with E-state index >= 15 is 0 Å². The molecule has 1 atom stereocenters. The van der Waals surface area contributed by atoms with Gasteiger partial charge in [-0.05, 0) is 6.92 Å². The number of hydrogen-bond acceptors (Lipinski definition) is 5. The van der Waals surface area contributed by atoms with Gasteiger partial charge in [0.1, 0.15) is 12.3 Å². The second kappa shape index (κ2) is 4.61.